The van der Waals surface area contributed by atoms with Crippen LogP contribution in [0.2, 0.25) is 0 Å². The Hall–Kier alpha value is -0.570. The lowest BCUT2D eigenvalue weighted by Gasteiger charge is -2.39. The number of nitrogens with one attached hydrogen (secondary N) is 1. The van der Waals surface area contributed by atoms with Crippen LogP contribution in [0.4, 0.5) is 0 Å². The topological polar surface area (TPSA) is 38.3 Å². The van der Waals surface area contributed by atoms with E-state index in [-0.39, 0.29) is 5.97 Å². The third-order valence-corrected chi connectivity index (χ3v) is 4.91. The molecule has 3 heteroatoms. The van der Waals surface area contributed by atoms with Gasteiger partial charge in [0, 0.05) is 6.04 Å². The van der Waals surface area contributed by atoms with Crippen molar-refractivity contribution in [1.82, 2.24) is 5.32 Å². The number of esters is 1. The van der Waals surface area contributed by atoms with E-state index in [9.17, 15) is 4.79 Å². The van der Waals surface area contributed by atoms with Crippen molar-refractivity contribution in [2.75, 3.05) is 13.2 Å². The standard InChI is InChI=1S/C18H35NO2/c1-6-12-19-16(13-17(20)21-7-2)14-8-10-15(11-9-14)18(3,4)5/h14-16,19H,6-13H2,1-5H3. The maximum atomic E-state index is 11.8. The second kappa shape index (κ2) is 8.77. The molecule has 1 atom stereocenters. The molecule has 3 nitrogen and oxygen atoms in total. The second-order valence-corrected chi connectivity index (χ2v) is 7.55. The molecular weight excluding hydrogens is 262 g/mol. The minimum Gasteiger partial charge on any atom is -0.466 e. The van der Waals surface area contributed by atoms with Gasteiger partial charge in [-0.25, -0.2) is 0 Å². The summed E-state index contributed by atoms with van der Waals surface area (Å²) in [5, 5.41) is 3.58. The second-order valence-electron chi connectivity index (χ2n) is 7.55. The molecule has 1 aliphatic rings. The van der Waals surface area contributed by atoms with E-state index >= 15 is 0 Å². The summed E-state index contributed by atoms with van der Waals surface area (Å²) in [5.41, 5.74) is 0.415. The summed E-state index contributed by atoms with van der Waals surface area (Å²) >= 11 is 0. The molecule has 0 aromatic heterocycles. The van der Waals surface area contributed by atoms with Crippen LogP contribution in [0.15, 0.2) is 0 Å². The largest absolute Gasteiger partial charge is 0.466 e. The molecule has 0 radical (unpaired) electrons. The molecule has 0 aromatic rings. The number of rotatable bonds is 7. The Labute approximate surface area is 131 Å². The summed E-state index contributed by atoms with van der Waals surface area (Å²) < 4.78 is 5.14. The lowest BCUT2D eigenvalue weighted by molar-refractivity contribution is -0.144. The Morgan fingerprint density at radius 1 is 1.19 bits per heavy atom. The Morgan fingerprint density at radius 3 is 2.29 bits per heavy atom. The predicted octanol–water partition coefficient (Wildman–Crippen LogP) is 4.16. The van der Waals surface area contributed by atoms with Crippen LogP contribution < -0.4 is 5.32 Å². The van der Waals surface area contributed by atoms with Crippen LogP contribution in [0, 0.1) is 17.3 Å². The van der Waals surface area contributed by atoms with Crippen molar-refractivity contribution in [3.63, 3.8) is 0 Å². The van der Waals surface area contributed by atoms with E-state index in [0.717, 1.165) is 18.9 Å². The first kappa shape index (κ1) is 18.5. The van der Waals surface area contributed by atoms with Gasteiger partial charge in [0.15, 0.2) is 0 Å². The molecule has 1 unspecified atom stereocenters. The summed E-state index contributed by atoms with van der Waals surface area (Å²) in [6.07, 6.45) is 6.70. The van der Waals surface area contributed by atoms with Crippen LogP contribution in [-0.2, 0) is 9.53 Å². The highest BCUT2D eigenvalue weighted by Gasteiger charge is 2.33. The molecule has 124 valence electrons. The van der Waals surface area contributed by atoms with Gasteiger partial charge in [-0.05, 0) is 62.8 Å². The van der Waals surface area contributed by atoms with Crippen molar-refractivity contribution in [2.45, 2.75) is 79.2 Å². The highest BCUT2D eigenvalue weighted by molar-refractivity contribution is 5.70. The van der Waals surface area contributed by atoms with Crippen molar-refractivity contribution < 1.29 is 9.53 Å². The van der Waals surface area contributed by atoms with Gasteiger partial charge in [-0.2, -0.15) is 0 Å². The first-order valence-corrected chi connectivity index (χ1v) is 8.77. The van der Waals surface area contributed by atoms with Gasteiger partial charge in [0.1, 0.15) is 0 Å². The van der Waals surface area contributed by atoms with E-state index in [1.165, 1.54) is 25.7 Å². The van der Waals surface area contributed by atoms with Gasteiger partial charge < -0.3 is 10.1 Å². The number of hydrogen-bond donors (Lipinski definition) is 1. The molecular formula is C18H35NO2. The van der Waals surface area contributed by atoms with Crippen molar-refractivity contribution in [1.29, 1.82) is 0 Å². The van der Waals surface area contributed by atoms with Crippen LogP contribution in [0.1, 0.15) is 73.1 Å². The molecule has 0 spiro atoms. The third kappa shape index (κ3) is 6.37. The molecule has 1 rings (SSSR count). The lowest BCUT2D eigenvalue weighted by atomic mass is 9.68. The molecule has 0 bridgehead atoms. The van der Waals surface area contributed by atoms with E-state index in [1.807, 2.05) is 6.92 Å². The van der Waals surface area contributed by atoms with E-state index in [0.29, 0.717) is 30.4 Å². The Kier molecular flexibility index (Phi) is 7.72. The fraction of sp³-hybridized carbons (Fsp3) is 0.944. The molecule has 0 heterocycles. The van der Waals surface area contributed by atoms with Crippen LogP contribution in [0.25, 0.3) is 0 Å². The number of carbonyl (C=O) groups excluding carboxylic acids is 1. The molecule has 0 saturated heterocycles. The molecule has 0 amide bonds. The molecule has 1 N–H and O–H groups in total. The van der Waals surface area contributed by atoms with Crippen molar-refractivity contribution >= 4 is 5.97 Å². The zero-order chi connectivity index (χ0) is 15.9. The van der Waals surface area contributed by atoms with Crippen LogP contribution in [-0.4, -0.2) is 25.2 Å². The first-order valence-electron chi connectivity index (χ1n) is 8.77. The Bertz CT molecular complexity index is 301. The van der Waals surface area contributed by atoms with Crippen LogP contribution in [0.5, 0.6) is 0 Å². The number of ether oxygens (including phenoxy) is 1. The minimum atomic E-state index is -0.0518. The molecule has 21 heavy (non-hydrogen) atoms. The zero-order valence-corrected chi connectivity index (χ0v) is 14.7. The zero-order valence-electron chi connectivity index (χ0n) is 14.7. The average molecular weight is 297 g/mol. The smallest absolute Gasteiger partial charge is 0.307 e. The fourth-order valence-electron chi connectivity index (χ4n) is 3.52. The summed E-state index contributed by atoms with van der Waals surface area (Å²) in [6, 6.07) is 0.296. The molecule has 1 fully saturated rings. The third-order valence-electron chi connectivity index (χ3n) is 4.91. The van der Waals surface area contributed by atoms with Gasteiger partial charge in [0.05, 0.1) is 13.0 Å². The summed E-state index contributed by atoms with van der Waals surface area (Å²) in [7, 11) is 0. The van der Waals surface area contributed by atoms with Crippen LogP contribution in [0.3, 0.4) is 0 Å². The molecule has 1 saturated carbocycles. The van der Waals surface area contributed by atoms with E-state index < -0.39 is 0 Å². The predicted molar refractivity (Wildman–Crippen MR) is 88.2 cm³/mol. The molecule has 0 aromatic carbocycles. The molecule has 0 aliphatic heterocycles. The van der Waals surface area contributed by atoms with E-state index in [2.05, 4.69) is 33.0 Å². The summed E-state index contributed by atoms with van der Waals surface area (Å²) in [5.74, 6) is 1.40. The van der Waals surface area contributed by atoms with Crippen molar-refractivity contribution in [2.24, 2.45) is 17.3 Å². The van der Waals surface area contributed by atoms with Gasteiger partial charge in [-0.1, -0.05) is 27.7 Å². The number of carbonyl (C=O) groups is 1. The van der Waals surface area contributed by atoms with Crippen molar-refractivity contribution in [3.05, 3.63) is 0 Å². The highest BCUT2D eigenvalue weighted by atomic mass is 16.5. The quantitative estimate of drug-likeness (QED) is 0.717. The maximum absolute atomic E-state index is 11.8. The fourth-order valence-corrected chi connectivity index (χ4v) is 3.52. The van der Waals surface area contributed by atoms with Crippen molar-refractivity contribution in [3.8, 4) is 0 Å². The van der Waals surface area contributed by atoms with Gasteiger partial charge in [-0.3, -0.25) is 4.79 Å². The van der Waals surface area contributed by atoms with E-state index in [1.54, 1.807) is 0 Å². The normalized spacial score (nSPS) is 24.6. The summed E-state index contributed by atoms with van der Waals surface area (Å²) in [6.45, 7) is 12.6. The van der Waals surface area contributed by atoms with Gasteiger partial charge in [0.25, 0.3) is 0 Å². The van der Waals surface area contributed by atoms with Gasteiger partial charge >= 0.3 is 5.97 Å². The van der Waals surface area contributed by atoms with Gasteiger partial charge in [-0.15, -0.1) is 0 Å². The Balaban J connectivity index is 2.53. The highest BCUT2D eigenvalue weighted by Crippen LogP contribution is 2.41. The summed E-state index contributed by atoms with van der Waals surface area (Å²) in [4.78, 5) is 11.8. The van der Waals surface area contributed by atoms with Gasteiger partial charge in [0.2, 0.25) is 0 Å². The van der Waals surface area contributed by atoms with Crippen LogP contribution >= 0.6 is 0 Å². The maximum Gasteiger partial charge on any atom is 0.307 e. The minimum absolute atomic E-state index is 0.0518. The molecule has 1 aliphatic carbocycles. The SMILES string of the molecule is CCCNC(CC(=O)OCC)C1CCC(C(C)(C)C)CC1. The number of hydrogen-bond acceptors (Lipinski definition) is 3. The lowest BCUT2D eigenvalue weighted by Crippen LogP contribution is -2.41. The van der Waals surface area contributed by atoms with E-state index in [4.69, 9.17) is 4.74 Å². The Morgan fingerprint density at radius 2 is 1.81 bits per heavy atom. The first-order chi connectivity index (χ1) is 9.88. The average Bonchev–Trinajstić information content (AvgIpc) is 2.43. The monoisotopic (exact) mass is 297 g/mol.